The van der Waals surface area contributed by atoms with Crippen molar-refractivity contribution in [3.05, 3.63) is 57.5 Å². The van der Waals surface area contributed by atoms with Crippen molar-refractivity contribution in [3.63, 3.8) is 0 Å². The van der Waals surface area contributed by atoms with Gasteiger partial charge in [0, 0.05) is 0 Å². The van der Waals surface area contributed by atoms with E-state index in [2.05, 4.69) is 0 Å². The van der Waals surface area contributed by atoms with Crippen LogP contribution in [0.1, 0.15) is 5.56 Å². The highest BCUT2D eigenvalue weighted by Crippen LogP contribution is 2.09. The maximum absolute atomic E-state index is 12.5. The van der Waals surface area contributed by atoms with Crippen molar-refractivity contribution < 1.29 is 9.67 Å². The van der Waals surface area contributed by atoms with Crippen LogP contribution in [0.25, 0.3) is 10.7 Å². The zero-order valence-corrected chi connectivity index (χ0v) is 11.3. The third kappa shape index (κ3) is 1.63. The smallest absolute Gasteiger partial charge is 0.347 e. The van der Waals surface area contributed by atoms with Gasteiger partial charge in [0.2, 0.25) is 0 Å². The molecule has 0 N–H and O–H groups in total. The van der Waals surface area contributed by atoms with Gasteiger partial charge in [-0.05, 0) is 22.7 Å². The summed E-state index contributed by atoms with van der Waals surface area (Å²) in [5.41, 5.74) is 0.666. The van der Waals surface area contributed by atoms with E-state index in [-0.39, 0.29) is 5.76 Å². The number of hydrogen-bond acceptors (Lipinski definition) is 3. The lowest BCUT2D eigenvalue weighted by atomic mass is 10.2. The Bertz CT molecular complexity index is 818. The number of hydrogen-bond donors (Lipinski definition) is 0. The van der Waals surface area contributed by atoms with Gasteiger partial charge in [-0.15, -0.1) is 0 Å². The van der Waals surface area contributed by atoms with Gasteiger partial charge in [0.25, 0.3) is 0 Å². The van der Waals surface area contributed by atoms with Crippen molar-refractivity contribution in [1.29, 1.82) is 0 Å². The molecule has 3 nitrogen and oxygen atoms in total. The molecule has 5 heteroatoms. The fourth-order valence-electron chi connectivity index (χ4n) is 1.91. The topological polar surface area (TPSA) is 31.3 Å². The molecule has 1 aromatic carbocycles. The number of benzene rings is 1. The third-order valence-electron chi connectivity index (χ3n) is 2.82. The highest BCUT2D eigenvalue weighted by atomic mass is 32.1. The Morgan fingerprint density at radius 3 is 2.78 bits per heavy atom. The van der Waals surface area contributed by atoms with E-state index in [1.54, 1.807) is 0 Å². The number of nitrogens with zero attached hydrogens (tertiary/aromatic N) is 2. The molecular weight excluding hydrogens is 264 g/mol. The lowest BCUT2D eigenvalue weighted by Crippen LogP contribution is -2.26. The summed E-state index contributed by atoms with van der Waals surface area (Å²) in [7, 11) is 1.94. The third-order valence-corrected chi connectivity index (χ3v) is 4.31. The summed E-state index contributed by atoms with van der Waals surface area (Å²) < 4.78 is 4.46. The van der Waals surface area contributed by atoms with Crippen molar-refractivity contribution in [2.75, 3.05) is 0 Å². The molecule has 2 aromatic heterocycles. The first-order chi connectivity index (χ1) is 8.68. The number of thiazole rings is 1. The van der Waals surface area contributed by atoms with Crippen molar-refractivity contribution in [2.24, 2.45) is 7.05 Å². The number of aromatic nitrogens is 2. The van der Waals surface area contributed by atoms with E-state index < -0.39 is 0 Å². The predicted molar refractivity (Wildman–Crippen MR) is 71.5 cm³/mol. The molecule has 0 aliphatic heterocycles. The van der Waals surface area contributed by atoms with Crippen LogP contribution in [0.4, 0.5) is 0 Å². The summed E-state index contributed by atoms with van der Waals surface area (Å²) in [5.74, 6) is -0.0250. The molecule has 3 rings (SSSR count). The molecule has 3 aromatic rings. The number of fused-ring (bicyclic) bond motifs is 1. The Morgan fingerprint density at radius 1 is 1.33 bits per heavy atom. The SMILES string of the molecule is C[n+]1ccn2/c(=C(\[O-])c3ccccc3)c(=S)sc21. The van der Waals surface area contributed by atoms with E-state index in [4.69, 9.17) is 12.2 Å². The van der Waals surface area contributed by atoms with Crippen LogP contribution in [0.5, 0.6) is 0 Å². The molecule has 0 spiro atoms. The van der Waals surface area contributed by atoms with Gasteiger partial charge in [-0.1, -0.05) is 42.5 Å². The van der Waals surface area contributed by atoms with Crippen LogP contribution in [0.2, 0.25) is 0 Å². The van der Waals surface area contributed by atoms with Crippen molar-refractivity contribution in [3.8, 4) is 0 Å². The Kier molecular flexibility index (Phi) is 2.65. The molecule has 0 saturated carbocycles. The predicted octanol–water partition coefficient (Wildman–Crippen LogP) is 0.790. The van der Waals surface area contributed by atoms with E-state index >= 15 is 0 Å². The summed E-state index contributed by atoms with van der Waals surface area (Å²) in [6.45, 7) is 0. The van der Waals surface area contributed by atoms with Crippen LogP contribution in [0.3, 0.4) is 0 Å². The number of imidazole rings is 1. The first-order valence-corrected chi connectivity index (χ1v) is 6.67. The molecule has 0 saturated heterocycles. The summed E-state index contributed by atoms with van der Waals surface area (Å²) in [6.07, 6.45) is 3.79. The van der Waals surface area contributed by atoms with Gasteiger partial charge in [0.15, 0.2) is 5.35 Å². The average Bonchev–Trinajstić information content (AvgIpc) is 2.89. The van der Waals surface area contributed by atoms with E-state index in [9.17, 15) is 5.11 Å². The Hall–Kier alpha value is -1.72. The van der Waals surface area contributed by atoms with Crippen LogP contribution < -0.4 is 15.0 Å². The molecule has 0 aliphatic rings. The van der Waals surface area contributed by atoms with Crippen LogP contribution in [-0.2, 0) is 7.05 Å². The Balaban J connectivity index is 2.44. The van der Waals surface area contributed by atoms with Gasteiger partial charge < -0.3 is 5.11 Å². The molecule has 0 atom stereocenters. The molecule has 2 heterocycles. The fraction of sp³-hybridized carbons (Fsp3) is 0.0769. The molecule has 0 bridgehead atoms. The summed E-state index contributed by atoms with van der Waals surface area (Å²) in [5, 5.41) is 13.0. The second-order valence-electron chi connectivity index (χ2n) is 3.99. The highest BCUT2D eigenvalue weighted by molar-refractivity contribution is 7.73. The first kappa shape index (κ1) is 11.4. The average molecular weight is 274 g/mol. The van der Waals surface area contributed by atoms with Crippen molar-refractivity contribution >= 4 is 34.3 Å². The van der Waals surface area contributed by atoms with Crippen LogP contribution in [0.15, 0.2) is 42.7 Å². The standard InChI is InChI=1S/C13H10N2OS2/c1-14-7-8-15-10(12(17)18-13(14)15)11(16)9-5-3-2-4-6-9/h2-8H,1H3. The highest BCUT2D eigenvalue weighted by Gasteiger charge is 2.12. The minimum atomic E-state index is -0.0250. The van der Waals surface area contributed by atoms with Crippen molar-refractivity contribution in [2.45, 2.75) is 0 Å². The fourth-order valence-corrected chi connectivity index (χ4v) is 3.24. The Morgan fingerprint density at radius 2 is 2.06 bits per heavy atom. The van der Waals surface area contributed by atoms with Crippen LogP contribution in [-0.4, -0.2) is 4.40 Å². The molecule has 0 aliphatic carbocycles. The first-order valence-electron chi connectivity index (χ1n) is 5.44. The van der Waals surface area contributed by atoms with E-state index in [1.807, 2.05) is 58.7 Å². The summed E-state index contributed by atoms with van der Waals surface area (Å²) in [4.78, 5) is 0.972. The van der Waals surface area contributed by atoms with Gasteiger partial charge in [-0.3, -0.25) is 0 Å². The van der Waals surface area contributed by atoms with Crippen LogP contribution in [0, 0.1) is 3.82 Å². The molecule has 18 heavy (non-hydrogen) atoms. The quantitative estimate of drug-likeness (QED) is 0.485. The normalized spacial score (nSPS) is 12.9. The van der Waals surface area contributed by atoms with Gasteiger partial charge in [-0.2, -0.15) is 4.40 Å². The molecule has 0 fully saturated rings. The lowest BCUT2D eigenvalue weighted by molar-refractivity contribution is -0.642. The second kappa shape index (κ2) is 4.19. The van der Waals surface area contributed by atoms with Crippen molar-refractivity contribution in [1.82, 2.24) is 4.40 Å². The van der Waals surface area contributed by atoms with Gasteiger partial charge in [0.1, 0.15) is 16.2 Å². The van der Waals surface area contributed by atoms with Gasteiger partial charge in [0.05, 0.1) is 7.05 Å². The minimum Gasteiger partial charge on any atom is -0.869 e. The number of aryl methyl sites for hydroxylation is 1. The van der Waals surface area contributed by atoms with Gasteiger partial charge in [-0.25, -0.2) is 4.57 Å². The molecule has 90 valence electrons. The largest absolute Gasteiger partial charge is 0.869 e. The maximum Gasteiger partial charge on any atom is 0.347 e. The lowest BCUT2D eigenvalue weighted by Gasteiger charge is -2.08. The van der Waals surface area contributed by atoms with E-state index in [0.717, 1.165) is 4.96 Å². The van der Waals surface area contributed by atoms with E-state index in [1.165, 1.54) is 11.3 Å². The monoisotopic (exact) mass is 274 g/mol. The number of rotatable bonds is 1. The zero-order chi connectivity index (χ0) is 12.7. The second-order valence-corrected chi connectivity index (χ2v) is 5.64. The maximum atomic E-state index is 12.5. The minimum absolute atomic E-state index is 0.0250. The molecule has 0 unspecified atom stereocenters. The molecule has 0 radical (unpaired) electrons. The molecule has 0 amide bonds. The Labute approximate surface area is 113 Å². The zero-order valence-electron chi connectivity index (χ0n) is 9.66. The van der Waals surface area contributed by atoms with E-state index in [0.29, 0.717) is 14.7 Å². The molecular formula is C13H10N2OS2. The van der Waals surface area contributed by atoms with Gasteiger partial charge >= 0.3 is 4.96 Å². The van der Waals surface area contributed by atoms with Crippen LogP contribution >= 0.6 is 23.6 Å². The summed E-state index contributed by atoms with van der Waals surface area (Å²) in [6, 6.07) is 9.23. The summed E-state index contributed by atoms with van der Waals surface area (Å²) >= 11 is 6.76.